The second-order valence-electron chi connectivity index (χ2n) is 6.38. The van der Waals surface area contributed by atoms with Crippen LogP contribution in [-0.4, -0.2) is 23.5 Å². The minimum absolute atomic E-state index is 0.0764. The Hall–Kier alpha value is -2.41. The number of hydrogen-bond acceptors (Lipinski definition) is 3. The fourth-order valence-corrected chi connectivity index (χ4v) is 2.92. The quantitative estimate of drug-likeness (QED) is 0.854. The molecular formula is C19H20F3N3O. The molecule has 3 rings (SSSR count). The topological polar surface area (TPSA) is 54.0 Å². The van der Waals surface area contributed by atoms with Crippen molar-refractivity contribution < 1.29 is 18.0 Å². The molecule has 4 nitrogen and oxygen atoms in total. The lowest BCUT2D eigenvalue weighted by Gasteiger charge is -2.11. The number of aromatic nitrogens is 1. The Morgan fingerprint density at radius 1 is 1.12 bits per heavy atom. The Bertz CT molecular complexity index is 736. The summed E-state index contributed by atoms with van der Waals surface area (Å²) < 4.78 is 37.7. The summed E-state index contributed by atoms with van der Waals surface area (Å²) in [5.74, 6) is 0.425. The summed E-state index contributed by atoms with van der Waals surface area (Å²) >= 11 is 0. The Labute approximate surface area is 149 Å². The average molecular weight is 363 g/mol. The van der Waals surface area contributed by atoms with Crippen molar-refractivity contribution in [1.82, 2.24) is 10.3 Å². The van der Waals surface area contributed by atoms with E-state index in [-0.39, 0.29) is 11.9 Å². The molecule has 0 aliphatic carbocycles. The van der Waals surface area contributed by atoms with Crippen molar-refractivity contribution >= 4 is 11.7 Å². The maximum absolute atomic E-state index is 12.6. The molecule has 1 unspecified atom stereocenters. The van der Waals surface area contributed by atoms with E-state index in [1.165, 1.54) is 12.1 Å². The van der Waals surface area contributed by atoms with Gasteiger partial charge in [-0.25, -0.2) is 4.98 Å². The molecule has 0 spiro atoms. The third-order valence-corrected chi connectivity index (χ3v) is 4.44. The number of nitrogens with zero attached hydrogens (tertiary/aromatic N) is 1. The van der Waals surface area contributed by atoms with Crippen molar-refractivity contribution in [2.24, 2.45) is 0 Å². The van der Waals surface area contributed by atoms with Crippen LogP contribution in [-0.2, 0) is 23.8 Å². The Kier molecular flexibility index (Phi) is 5.56. The number of hydrogen-bond donors (Lipinski definition) is 2. The monoisotopic (exact) mass is 363 g/mol. The van der Waals surface area contributed by atoms with Crippen molar-refractivity contribution in [1.29, 1.82) is 0 Å². The molecule has 1 aromatic carbocycles. The van der Waals surface area contributed by atoms with Gasteiger partial charge in [0.2, 0.25) is 5.91 Å². The maximum Gasteiger partial charge on any atom is 0.416 e. The minimum atomic E-state index is -4.31. The molecule has 1 aliphatic rings. The van der Waals surface area contributed by atoms with Gasteiger partial charge in [0.05, 0.1) is 11.6 Å². The van der Waals surface area contributed by atoms with Gasteiger partial charge in [-0.1, -0.05) is 18.2 Å². The maximum atomic E-state index is 12.6. The van der Waals surface area contributed by atoms with Gasteiger partial charge in [0.15, 0.2) is 0 Å². The van der Waals surface area contributed by atoms with Gasteiger partial charge in [0, 0.05) is 6.20 Å². The van der Waals surface area contributed by atoms with E-state index in [4.69, 9.17) is 0 Å². The second kappa shape index (κ2) is 7.86. The number of alkyl halides is 3. The van der Waals surface area contributed by atoms with Crippen LogP contribution in [0.25, 0.3) is 0 Å². The molecule has 26 heavy (non-hydrogen) atoms. The summed E-state index contributed by atoms with van der Waals surface area (Å²) in [4.78, 5) is 16.3. The molecule has 2 N–H and O–H groups in total. The van der Waals surface area contributed by atoms with Gasteiger partial charge in [-0.3, -0.25) is 4.79 Å². The first-order valence-electron chi connectivity index (χ1n) is 8.57. The van der Waals surface area contributed by atoms with Gasteiger partial charge in [0.1, 0.15) is 5.82 Å². The van der Waals surface area contributed by atoms with Gasteiger partial charge in [-0.2, -0.15) is 13.2 Å². The van der Waals surface area contributed by atoms with Gasteiger partial charge >= 0.3 is 6.18 Å². The number of nitrogens with one attached hydrogen (secondary N) is 2. The second-order valence-corrected chi connectivity index (χ2v) is 6.38. The Morgan fingerprint density at radius 2 is 1.81 bits per heavy atom. The van der Waals surface area contributed by atoms with Gasteiger partial charge in [-0.15, -0.1) is 0 Å². The molecule has 1 aromatic heterocycles. The number of aryl methyl sites for hydroxylation is 2. The van der Waals surface area contributed by atoms with Crippen molar-refractivity contribution in [2.45, 2.75) is 37.9 Å². The summed E-state index contributed by atoms with van der Waals surface area (Å²) in [6.07, 6.45) is 0.484. The lowest BCUT2D eigenvalue weighted by Crippen LogP contribution is -2.35. The van der Waals surface area contributed by atoms with Crippen LogP contribution >= 0.6 is 0 Å². The summed E-state index contributed by atoms with van der Waals surface area (Å²) in [6.45, 7) is 0.856. The molecule has 0 radical (unpaired) electrons. The SMILES string of the molecule is O=C(Nc1ccc(CCc2ccc(C(F)(F)F)cc2)cn1)C1CCCN1. The van der Waals surface area contributed by atoms with Crippen LogP contribution in [0.2, 0.25) is 0 Å². The molecule has 1 aliphatic heterocycles. The van der Waals surface area contributed by atoms with Crippen LogP contribution in [0.4, 0.5) is 19.0 Å². The molecule has 0 bridgehead atoms. The van der Waals surface area contributed by atoms with Crippen LogP contribution in [0.3, 0.4) is 0 Å². The van der Waals surface area contributed by atoms with Gasteiger partial charge in [0.25, 0.3) is 0 Å². The van der Waals surface area contributed by atoms with Crippen LogP contribution in [0.1, 0.15) is 29.5 Å². The van der Waals surface area contributed by atoms with E-state index >= 15 is 0 Å². The molecule has 2 aromatic rings. The molecule has 0 saturated carbocycles. The number of pyridine rings is 1. The molecule has 7 heteroatoms. The number of benzene rings is 1. The number of carbonyl (C=O) groups excluding carboxylic acids is 1. The van der Waals surface area contributed by atoms with E-state index in [0.717, 1.165) is 42.6 Å². The molecule has 2 heterocycles. The molecule has 1 atom stereocenters. The number of halogens is 3. The predicted octanol–water partition coefficient (Wildman–Crippen LogP) is 3.58. The number of carbonyl (C=O) groups is 1. The Balaban J connectivity index is 1.52. The largest absolute Gasteiger partial charge is 0.416 e. The van der Waals surface area contributed by atoms with Crippen LogP contribution < -0.4 is 10.6 Å². The van der Waals surface area contributed by atoms with E-state index in [9.17, 15) is 18.0 Å². The highest BCUT2D eigenvalue weighted by atomic mass is 19.4. The van der Waals surface area contributed by atoms with E-state index < -0.39 is 11.7 Å². The van der Waals surface area contributed by atoms with E-state index in [1.807, 2.05) is 6.07 Å². The van der Waals surface area contributed by atoms with Gasteiger partial charge < -0.3 is 10.6 Å². The van der Waals surface area contributed by atoms with Crippen molar-refractivity contribution in [3.63, 3.8) is 0 Å². The highest BCUT2D eigenvalue weighted by Crippen LogP contribution is 2.29. The fourth-order valence-electron chi connectivity index (χ4n) is 2.92. The molecule has 1 amide bonds. The van der Waals surface area contributed by atoms with E-state index in [2.05, 4.69) is 15.6 Å². The van der Waals surface area contributed by atoms with Crippen molar-refractivity contribution in [3.05, 3.63) is 59.3 Å². The minimum Gasteiger partial charge on any atom is -0.309 e. The molecular weight excluding hydrogens is 343 g/mol. The lowest BCUT2D eigenvalue weighted by atomic mass is 10.0. The third kappa shape index (κ3) is 4.82. The zero-order chi connectivity index (χ0) is 18.6. The van der Waals surface area contributed by atoms with E-state index in [1.54, 1.807) is 12.3 Å². The van der Waals surface area contributed by atoms with Crippen LogP contribution in [0.15, 0.2) is 42.6 Å². The first-order valence-corrected chi connectivity index (χ1v) is 8.57. The van der Waals surface area contributed by atoms with Gasteiger partial charge in [-0.05, 0) is 61.6 Å². The predicted molar refractivity (Wildman–Crippen MR) is 92.7 cm³/mol. The highest BCUT2D eigenvalue weighted by molar-refractivity contribution is 5.94. The standard InChI is InChI=1S/C19H20F3N3O/c20-19(21,22)15-8-5-13(6-9-15)3-4-14-7-10-17(24-12-14)25-18(26)16-2-1-11-23-16/h5-10,12,16,23H,1-4,11H2,(H,24,25,26). The lowest BCUT2D eigenvalue weighted by molar-refractivity contribution is -0.137. The molecule has 138 valence electrons. The summed E-state index contributed by atoms with van der Waals surface area (Å²) in [5, 5.41) is 5.92. The summed E-state index contributed by atoms with van der Waals surface area (Å²) in [5.41, 5.74) is 1.16. The zero-order valence-corrected chi connectivity index (χ0v) is 14.1. The smallest absolute Gasteiger partial charge is 0.309 e. The Morgan fingerprint density at radius 3 is 2.38 bits per heavy atom. The van der Waals surface area contributed by atoms with Crippen LogP contribution in [0.5, 0.6) is 0 Å². The van der Waals surface area contributed by atoms with E-state index in [0.29, 0.717) is 18.7 Å². The summed E-state index contributed by atoms with van der Waals surface area (Å²) in [6, 6.07) is 8.66. The molecule has 1 saturated heterocycles. The zero-order valence-electron chi connectivity index (χ0n) is 14.1. The fraction of sp³-hybridized carbons (Fsp3) is 0.368. The number of amides is 1. The average Bonchev–Trinajstić information content (AvgIpc) is 3.15. The first kappa shape index (κ1) is 18.4. The molecule has 1 fully saturated rings. The first-order chi connectivity index (χ1) is 12.4. The van der Waals surface area contributed by atoms with Crippen LogP contribution in [0, 0.1) is 0 Å². The number of rotatable bonds is 5. The third-order valence-electron chi connectivity index (χ3n) is 4.44. The summed E-state index contributed by atoms with van der Waals surface area (Å²) in [7, 11) is 0. The van der Waals surface area contributed by atoms with Crippen molar-refractivity contribution in [3.8, 4) is 0 Å². The van der Waals surface area contributed by atoms with Crippen molar-refractivity contribution in [2.75, 3.05) is 11.9 Å². The highest BCUT2D eigenvalue weighted by Gasteiger charge is 2.29. The normalized spacial score (nSPS) is 17.3. The number of anilines is 1.